The third-order valence-corrected chi connectivity index (χ3v) is 3.80. The Bertz CT molecular complexity index is 615. The summed E-state index contributed by atoms with van der Waals surface area (Å²) in [6, 6.07) is 7.56. The first-order valence-corrected chi connectivity index (χ1v) is 6.92. The molecule has 0 spiro atoms. The van der Waals surface area contributed by atoms with Gasteiger partial charge in [-0.3, -0.25) is 10.2 Å². The van der Waals surface area contributed by atoms with Gasteiger partial charge in [0, 0.05) is 10.9 Å². The molecule has 2 aromatic rings. The molecule has 0 atom stereocenters. The van der Waals surface area contributed by atoms with Crippen molar-refractivity contribution in [3.63, 3.8) is 0 Å². The van der Waals surface area contributed by atoms with E-state index in [4.69, 9.17) is 15.0 Å². The predicted molar refractivity (Wildman–Crippen MR) is 74.9 cm³/mol. The number of ether oxygens (including phenoxy) is 1. The van der Waals surface area contributed by atoms with E-state index >= 15 is 0 Å². The standard InChI is InChI=1S/C15H18N2O3/c16-17-15(18)14-12(9-19-10-5-1-2-6-10)11-7-3-4-8-13(11)20-14/h3-4,7-8,10H,1-2,5-6,9,16H2,(H,17,18). The monoisotopic (exact) mass is 274 g/mol. The predicted octanol–water partition coefficient (Wildman–Crippen LogP) is 2.50. The van der Waals surface area contributed by atoms with Gasteiger partial charge in [-0.1, -0.05) is 31.0 Å². The van der Waals surface area contributed by atoms with Crippen LogP contribution in [0.1, 0.15) is 41.8 Å². The van der Waals surface area contributed by atoms with Crippen LogP contribution in [0.2, 0.25) is 0 Å². The van der Waals surface area contributed by atoms with Crippen molar-refractivity contribution in [3.8, 4) is 0 Å². The van der Waals surface area contributed by atoms with Crippen LogP contribution < -0.4 is 11.3 Å². The van der Waals surface area contributed by atoms with Crippen LogP contribution in [0, 0.1) is 0 Å². The van der Waals surface area contributed by atoms with E-state index in [1.54, 1.807) is 0 Å². The second kappa shape index (κ2) is 5.64. The summed E-state index contributed by atoms with van der Waals surface area (Å²) < 4.78 is 11.5. The highest BCUT2D eigenvalue weighted by atomic mass is 16.5. The lowest BCUT2D eigenvalue weighted by atomic mass is 10.1. The van der Waals surface area contributed by atoms with Crippen LogP contribution in [-0.2, 0) is 11.3 Å². The molecule has 0 bridgehead atoms. The van der Waals surface area contributed by atoms with Gasteiger partial charge in [0.05, 0.1) is 12.7 Å². The van der Waals surface area contributed by atoms with Crippen LogP contribution in [0.15, 0.2) is 28.7 Å². The van der Waals surface area contributed by atoms with Crippen molar-refractivity contribution in [1.82, 2.24) is 5.43 Å². The van der Waals surface area contributed by atoms with Crippen LogP contribution in [0.3, 0.4) is 0 Å². The first kappa shape index (κ1) is 13.1. The smallest absolute Gasteiger partial charge is 0.301 e. The number of fused-ring (bicyclic) bond motifs is 1. The Kier molecular flexibility index (Phi) is 3.71. The minimum Gasteiger partial charge on any atom is -0.450 e. The maximum Gasteiger partial charge on any atom is 0.301 e. The summed E-state index contributed by atoms with van der Waals surface area (Å²) in [5, 5.41) is 0.907. The van der Waals surface area contributed by atoms with Crippen LogP contribution in [-0.4, -0.2) is 12.0 Å². The van der Waals surface area contributed by atoms with Gasteiger partial charge < -0.3 is 9.15 Å². The molecule has 3 rings (SSSR count). The third-order valence-electron chi connectivity index (χ3n) is 3.80. The summed E-state index contributed by atoms with van der Waals surface area (Å²) in [4.78, 5) is 11.8. The Hall–Kier alpha value is -1.85. The van der Waals surface area contributed by atoms with Crippen molar-refractivity contribution in [2.45, 2.75) is 38.4 Å². The molecule has 5 nitrogen and oxygen atoms in total. The Morgan fingerprint density at radius 3 is 2.85 bits per heavy atom. The average molecular weight is 274 g/mol. The number of carbonyl (C=O) groups is 1. The molecular formula is C15H18N2O3. The fraction of sp³-hybridized carbons (Fsp3) is 0.400. The average Bonchev–Trinajstić information content (AvgIpc) is 3.11. The van der Waals surface area contributed by atoms with Crippen molar-refractivity contribution in [2.75, 3.05) is 0 Å². The summed E-state index contributed by atoms with van der Waals surface area (Å²) in [7, 11) is 0. The van der Waals surface area contributed by atoms with E-state index in [9.17, 15) is 4.79 Å². The van der Waals surface area contributed by atoms with Gasteiger partial charge in [0.15, 0.2) is 5.76 Å². The van der Waals surface area contributed by atoms with Crippen LogP contribution in [0.25, 0.3) is 11.0 Å². The van der Waals surface area contributed by atoms with E-state index in [0.717, 1.165) is 23.8 Å². The lowest BCUT2D eigenvalue weighted by molar-refractivity contribution is 0.0451. The first-order valence-electron chi connectivity index (χ1n) is 6.92. The van der Waals surface area contributed by atoms with Gasteiger partial charge >= 0.3 is 5.91 Å². The number of furan rings is 1. The Labute approximate surface area is 117 Å². The van der Waals surface area contributed by atoms with Gasteiger partial charge in [0.2, 0.25) is 0 Å². The van der Waals surface area contributed by atoms with Crippen LogP contribution in [0.5, 0.6) is 0 Å². The Morgan fingerprint density at radius 1 is 1.35 bits per heavy atom. The molecule has 1 aliphatic carbocycles. The number of hydrogen-bond acceptors (Lipinski definition) is 4. The molecule has 5 heteroatoms. The zero-order chi connectivity index (χ0) is 13.9. The second-order valence-electron chi connectivity index (χ2n) is 5.10. The van der Waals surface area contributed by atoms with Gasteiger partial charge in [-0.25, -0.2) is 5.84 Å². The van der Waals surface area contributed by atoms with Gasteiger partial charge in [0.25, 0.3) is 0 Å². The molecule has 0 saturated heterocycles. The molecule has 1 heterocycles. The fourth-order valence-electron chi connectivity index (χ4n) is 2.75. The van der Waals surface area contributed by atoms with Gasteiger partial charge in [-0.05, 0) is 18.9 Å². The minimum atomic E-state index is -0.425. The number of nitrogens with two attached hydrogens (primary N) is 1. The molecular weight excluding hydrogens is 256 g/mol. The Balaban J connectivity index is 1.91. The number of para-hydroxylation sites is 1. The van der Waals surface area contributed by atoms with E-state index < -0.39 is 5.91 Å². The van der Waals surface area contributed by atoms with Crippen molar-refractivity contribution in [3.05, 3.63) is 35.6 Å². The number of nitrogens with one attached hydrogen (secondary N) is 1. The van der Waals surface area contributed by atoms with E-state index in [1.165, 1.54) is 12.8 Å². The van der Waals surface area contributed by atoms with E-state index in [2.05, 4.69) is 5.43 Å². The lowest BCUT2D eigenvalue weighted by Gasteiger charge is -2.10. The molecule has 3 N–H and O–H groups in total. The molecule has 1 saturated carbocycles. The molecule has 1 aromatic carbocycles. The number of rotatable bonds is 4. The number of nitrogen functional groups attached to an aromatic ring is 1. The van der Waals surface area contributed by atoms with Crippen molar-refractivity contribution >= 4 is 16.9 Å². The molecule has 0 radical (unpaired) electrons. The third kappa shape index (κ3) is 2.42. The zero-order valence-electron chi connectivity index (χ0n) is 11.2. The fourth-order valence-corrected chi connectivity index (χ4v) is 2.75. The zero-order valence-corrected chi connectivity index (χ0v) is 11.2. The molecule has 1 aliphatic rings. The molecule has 106 valence electrons. The lowest BCUT2D eigenvalue weighted by Crippen LogP contribution is -2.30. The van der Waals surface area contributed by atoms with Crippen molar-refractivity contribution in [1.29, 1.82) is 0 Å². The second-order valence-corrected chi connectivity index (χ2v) is 5.10. The van der Waals surface area contributed by atoms with E-state index in [0.29, 0.717) is 12.2 Å². The SMILES string of the molecule is NNC(=O)c1oc2ccccc2c1COC1CCCC1. The normalized spacial score (nSPS) is 15.8. The number of hydrogen-bond donors (Lipinski definition) is 2. The summed E-state index contributed by atoms with van der Waals surface area (Å²) >= 11 is 0. The number of amides is 1. The van der Waals surface area contributed by atoms with Crippen LogP contribution in [0.4, 0.5) is 0 Å². The molecule has 1 aromatic heterocycles. The van der Waals surface area contributed by atoms with Crippen LogP contribution >= 0.6 is 0 Å². The van der Waals surface area contributed by atoms with Gasteiger partial charge in [0.1, 0.15) is 5.58 Å². The maximum atomic E-state index is 11.8. The topological polar surface area (TPSA) is 77.5 Å². The van der Waals surface area contributed by atoms with E-state index in [1.807, 2.05) is 24.3 Å². The van der Waals surface area contributed by atoms with E-state index in [-0.39, 0.29) is 11.9 Å². The molecule has 1 fully saturated rings. The molecule has 0 unspecified atom stereocenters. The number of hydrazine groups is 1. The maximum absolute atomic E-state index is 11.8. The number of benzene rings is 1. The first-order chi connectivity index (χ1) is 9.79. The summed E-state index contributed by atoms with van der Waals surface area (Å²) in [6.07, 6.45) is 4.90. The molecule has 1 amide bonds. The highest BCUT2D eigenvalue weighted by molar-refractivity contribution is 5.98. The highest BCUT2D eigenvalue weighted by Gasteiger charge is 2.22. The number of carbonyl (C=O) groups excluding carboxylic acids is 1. The molecule has 20 heavy (non-hydrogen) atoms. The summed E-state index contributed by atoms with van der Waals surface area (Å²) in [6.45, 7) is 0.379. The van der Waals surface area contributed by atoms with Gasteiger partial charge in [-0.15, -0.1) is 0 Å². The minimum absolute atomic E-state index is 0.242. The summed E-state index contributed by atoms with van der Waals surface area (Å²) in [5.74, 6) is 5.03. The Morgan fingerprint density at radius 2 is 2.10 bits per heavy atom. The quantitative estimate of drug-likeness (QED) is 0.510. The van der Waals surface area contributed by atoms with Crippen molar-refractivity contribution < 1.29 is 13.9 Å². The highest BCUT2D eigenvalue weighted by Crippen LogP contribution is 2.29. The van der Waals surface area contributed by atoms with Gasteiger partial charge in [-0.2, -0.15) is 0 Å². The molecule has 0 aliphatic heterocycles. The van der Waals surface area contributed by atoms with Crippen molar-refractivity contribution in [2.24, 2.45) is 5.84 Å². The largest absolute Gasteiger partial charge is 0.450 e. The summed E-state index contributed by atoms with van der Waals surface area (Å²) in [5.41, 5.74) is 3.57.